The van der Waals surface area contributed by atoms with Crippen LogP contribution in [0.15, 0.2) is 0 Å². The fourth-order valence-corrected chi connectivity index (χ4v) is 1.48. The predicted octanol–water partition coefficient (Wildman–Crippen LogP) is 3.66. The molecule has 2 heteroatoms. The first-order chi connectivity index (χ1) is 6.72. The average Bonchev–Trinajstić information content (AvgIpc) is 2.16. The molecule has 1 unspecified atom stereocenters. The van der Waals surface area contributed by atoms with Gasteiger partial charge < -0.3 is 5.11 Å². The lowest BCUT2D eigenvalue weighted by molar-refractivity contribution is -0.140. The molecule has 0 aromatic heterocycles. The first kappa shape index (κ1) is 13.5. The number of unbranched alkanes of at least 4 members (excludes halogenated alkanes) is 4. The van der Waals surface area contributed by atoms with Gasteiger partial charge in [0.15, 0.2) is 0 Å². The zero-order chi connectivity index (χ0) is 10.8. The van der Waals surface area contributed by atoms with Crippen LogP contribution in [0.3, 0.4) is 0 Å². The lowest BCUT2D eigenvalue weighted by Gasteiger charge is -2.10. The van der Waals surface area contributed by atoms with Crippen molar-refractivity contribution < 1.29 is 9.90 Å². The summed E-state index contributed by atoms with van der Waals surface area (Å²) in [7, 11) is 0. The first-order valence-electron chi connectivity index (χ1n) is 5.78. The minimum Gasteiger partial charge on any atom is -0.481 e. The summed E-state index contributed by atoms with van der Waals surface area (Å²) in [6.07, 6.45) is 9.36. The van der Waals surface area contributed by atoms with Gasteiger partial charge in [-0.2, -0.15) is 0 Å². The summed E-state index contributed by atoms with van der Waals surface area (Å²) in [6, 6.07) is 0. The fraction of sp³-hybridized carbons (Fsp3) is 0.833. The molecule has 2 nitrogen and oxygen atoms in total. The molecule has 0 spiro atoms. The Bertz CT molecular complexity index is 143. The number of rotatable bonds is 9. The molecular formula is C12H23O2. The molecule has 0 fully saturated rings. The topological polar surface area (TPSA) is 37.3 Å². The fourth-order valence-electron chi connectivity index (χ4n) is 1.48. The smallest absolute Gasteiger partial charge is 0.306 e. The van der Waals surface area contributed by atoms with Gasteiger partial charge in [-0.3, -0.25) is 4.79 Å². The molecule has 1 radical (unpaired) electrons. The number of hydrogen-bond donors (Lipinski definition) is 1. The van der Waals surface area contributed by atoms with E-state index in [0.29, 0.717) is 0 Å². The summed E-state index contributed by atoms with van der Waals surface area (Å²) in [5, 5.41) is 8.93. The van der Waals surface area contributed by atoms with Crippen LogP contribution in [0.2, 0.25) is 0 Å². The molecule has 83 valence electrons. The predicted molar refractivity (Wildman–Crippen MR) is 59.1 cm³/mol. The van der Waals surface area contributed by atoms with Gasteiger partial charge in [-0.1, -0.05) is 46.0 Å². The normalized spacial score (nSPS) is 12.7. The van der Waals surface area contributed by atoms with E-state index in [1.165, 1.54) is 12.8 Å². The van der Waals surface area contributed by atoms with Gasteiger partial charge in [0, 0.05) is 0 Å². The van der Waals surface area contributed by atoms with Gasteiger partial charge in [-0.25, -0.2) is 0 Å². The van der Waals surface area contributed by atoms with E-state index in [1.54, 1.807) is 0 Å². The van der Waals surface area contributed by atoms with E-state index in [-0.39, 0.29) is 5.92 Å². The monoisotopic (exact) mass is 199 g/mol. The minimum atomic E-state index is -0.657. The van der Waals surface area contributed by atoms with Crippen LogP contribution in [-0.4, -0.2) is 11.1 Å². The molecule has 14 heavy (non-hydrogen) atoms. The van der Waals surface area contributed by atoms with E-state index in [0.717, 1.165) is 32.1 Å². The van der Waals surface area contributed by atoms with Crippen molar-refractivity contribution >= 4 is 5.97 Å². The van der Waals surface area contributed by atoms with E-state index >= 15 is 0 Å². The van der Waals surface area contributed by atoms with Gasteiger partial charge in [0.1, 0.15) is 0 Å². The standard InChI is InChI=1S/C12H23O2/c1-3-5-7-8-10-11(12(13)14)9-6-4-2/h10-11H,3-9H2,1-2H3,(H,13,14). The highest BCUT2D eigenvalue weighted by atomic mass is 16.4. The van der Waals surface area contributed by atoms with Crippen molar-refractivity contribution in [3.8, 4) is 0 Å². The van der Waals surface area contributed by atoms with E-state index in [4.69, 9.17) is 5.11 Å². The number of carboxylic acids is 1. The van der Waals surface area contributed by atoms with Crippen molar-refractivity contribution in [3.63, 3.8) is 0 Å². The summed E-state index contributed by atoms with van der Waals surface area (Å²) in [4.78, 5) is 10.8. The van der Waals surface area contributed by atoms with E-state index in [2.05, 4.69) is 13.8 Å². The molecule has 0 rings (SSSR count). The van der Waals surface area contributed by atoms with Crippen LogP contribution in [0.5, 0.6) is 0 Å². The SMILES string of the molecule is CCCCC[CH]C(CCCC)C(=O)O. The highest BCUT2D eigenvalue weighted by Crippen LogP contribution is 2.16. The van der Waals surface area contributed by atoms with Gasteiger partial charge in [0.25, 0.3) is 0 Å². The molecule has 0 saturated carbocycles. The van der Waals surface area contributed by atoms with Crippen molar-refractivity contribution in [2.24, 2.45) is 5.92 Å². The summed E-state index contributed by atoms with van der Waals surface area (Å²) < 4.78 is 0. The quantitative estimate of drug-likeness (QED) is 0.575. The summed E-state index contributed by atoms with van der Waals surface area (Å²) in [5.41, 5.74) is 0. The van der Waals surface area contributed by atoms with E-state index in [9.17, 15) is 4.79 Å². The Balaban J connectivity index is 3.57. The number of hydrogen-bond acceptors (Lipinski definition) is 1. The third-order valence-electron chi connectivity index (χ3n) is 2.44. The molecule has 0 aliphatic rings. The third kappa shape index (κ3) is 6.93. The second-order valence-electron chi connectivity index (χ2n) is 3.82. The Morgan fingerprint density at radius 1 is 1.21 bits per heavy atom. The summed E-state index contributed by atoms with van der Waals surface area (Å²) in [5.74, 6) is -0.873. The van der Waals surface area contributed by atoms with Crippen LogP contribution in [0.1, 0.15) is 58.8 Å². The molecule has 0 saturated heterocycles. The number of carbonyl (C=O) groups is 1. The second kappa shape index (κ2) is 9.04. The molecule has 0 aromatic carbocycles. The number of carboxylic acid groups (broad SMARTS) is 1. The molecule has 0 bridgehead atoms. The van der Waals surface area contributed by atoms with Crippen LogP contribution >= 0.6 is 0 Å². The maximum absolute atomic E-state index is 10.8. The lowest BCUT2D eigenvalue weighted by Crippen LogP contribution is -2.14. The molecule has 1 N–H and O–H groups in total. The molecule has 0 amide bonds. The zero-order valence-corrected chi connectivity index (χ0v) is 9.46. The maximum Gasteiger partial charge on any atom is 0.306 e. The Morgan fingerprint density at radius 3 is 2.36 bits per heavy atom. The highest BCUT2D eigenvalue weighted by Gasteiger charge is 2.15. The Labute approximate surface area is 87.7 Å². The Hall–Kier alpha value is -0.530. The largest absolute Gasteiger partial charge is 0.481 e. The van der Waals surface area contributed by atoms with Crippen molar-refractivity contribution in [1.29, 1.82) is 0 Å². The van der Waals surface area contributed by atoms with Crippen LogP contribution < -0.4 is 0 Å². The molecule has 1 atom stereocenters. The van der Waals surface area contributed by atoms with Crippen LogP contribution in [0.4, 0.5) is 0 Å². The van der Waals surface area contributed by atoms with E-state index in [1.807, 2.05) is 6.42 Å². The van der Waals surface area contributed by atoms with Gasteiger partial charge in [0.05, 0.1) is 5.92 Å². The Kier molecular flexibility index (Phi) is 8.70. The highest BCUT2D eigenvalue weighted by molar-refractivity contribution is 5.71. The molecule has 0 aliphatic heterocycles. The van der Waals surface area contributed by atoms with Gasteiger partial charge in [-0.15, -0.1) is 0 Å². The molecule has 0 aliphatic carbocycles. The van der Waals surface area contributed by atoms with E-state index < -0.39 is 5.97 Å². The van der Waals surface area contributed by atoms with Crippen molar-refractivity contribution in [3.05, 3.63) is 6.42 Å². The zero-order valence-electron chi connectivity index (χ0n) is 9.46. The molecule has 0 heterocycles. The number of aliphatic carboxylic acids is 1. The van der Waals surface area contributed by atoms with Crippen molar-refractivity contribution in [1.82, 2.24) is 0 Å². The van der Waals surface area contributed by atoms with Crippen molar-refractivity contribution in [2.45, 2.75) is 58.8 Å². The molecular weight excluding hydrogens is 176 g/mol. The summed E-state index contributed by atoms with van der Waals surface area (Å²) >= 11 is 0. The summed E-state index contributed by atoms with van der Waals surface area (Å²) in [6.45, 7) is 4.25. The second-order valence-corrected chi connectivity index (χ2v) is 3.82. The average molecular weight is 199 g/mol. The lowest BCUT2D eigenvalue weighted by atomic mass is 9.95. The van der Waals surface area contributed by atoms with Gasteiger partial charge in [0.2, 0.25) is 0 Å². The Morgan fingerprint density at radius 2 is 1.86 bits per heavy atom. The third-order valence-corrected chi connectivity index (χ3v) is 2.44. The van der Waals surface area contributed by atoms with Crippen LogP contribution in [-0.2, 0) is 4.79 Å². The molecule has 0 aromatic rings. The van der Waals surface area contributed by atoms with Gasteiger partial charge in [-0.05, 0) is 19.3 Å². The van der Waals surface area contributed by atoms with Crippen molar-refractivity contribution in [2.75, 3.05) is 0 Å². The van der Waals surface area contributed by atoms with Crippen LogP contribution in [0.25, 0.3) is 0 Å². The minimum absolute atomic E-state index is 0.216. The van der Waals surface area contributed by atoms with Crippen LogP contribution in [0, 0.1) is 12.3 Å². The van der Waals surface area contributed by atoms with Gasteiger partial charge >= 0.3 is 5.97 Å². The maximum atomic E-state index is 10.8. The first-order valence-corrected chi connectivity index (χ1v) is 5.78.